The zero-order chi connectivity index (χ0) is 20.3. The van der Waals surface area contributed by atoms with Crippen molar-refractivity contribution in [2.75, 3.05) is 0 Å². The number of rotatable bonds is 2. The SMILES string of the molecule is O=[N+]([O-])c1nc2c3nc(F)c(F)cc3c3nc(F)c(F)nc3c2nc1[N+](=O)[O-]. The fraction of sp³-hybridized carbons (Fsp3) is 0. The molecule has 0 bridgehead atoms. The van der Waals surface area contributed by atoms with Crippen LogP contribution in [0.15, 0.2) is 6.07 Å². The summed E-state index contributed by atoms with van der Waals surface area (Å²) in [6.07, 6.45) is 0. The highest BCUT2D eigenvalue weighted by molar-refractivity contribution is 6.19. The van der Waals surface area contributed by atoms with E-state index in [1.807, 2.05) is 0 Å². The van der Waals surface area contributed by atoms with Crippen LogP contribution in [-0.4, -0.2) is 34.8 Å². The average Bonchev–Trinajstić information content (AvgIpc) is 2.63. The molecule has 0 spiro atoms. The lowest BCUT2D eigenvalue weighted by atomic mass is 10.1. The standard InChI is InChI=1S/C13HF4N7O4/c14-3-1-2-4-6(20-11(17)10(16)19-4)8-7(5(2)18-9(3)15)21-12(23(25)26)13(22-8)24(27)28/h1H. The van der Waals surface area contributed by atoms with E-state index in [2.05, 4.69) is 24.9 Å². The summed E-state index contributed by atoms with van der Waals surface area (Å²) in [5.41, 5.74) is -2.97. The summed E-state index contributed by atoms with van der Waals surface area (Å²) in [7, 11) is 0. The van der Waals surface area contributed by atoms with E-state index in [-0.39, 0.29) is 0 Å². The van der Waals surface area contributed by atoms with Crippen molar-refractivity contribution in [3.8, 4) is 0 Å². The quantitative estimate of drug-likeness (QED) is 0.164. The molecule has 4 rings (SSSR count). The number of pyridine rings is 1. The Kier molecular flexibility index (Phi) is 3.49. The van der Waals surface area contributed by atoms with Gasteiger partial charge in [-0.1, -0.05) is 0 Å². The molecule has 0 aliphatic heterocycles. The zero-order valence-electron chi connectivity index (χ0n) is 12.9. The van der Waals surface area contributed by atoms with E-state index in [1.54, 1.807) is 0 Å². The molecule has 0 N–H and O–H groups in total. The van der Waals surface area contributed by atoms with E-state index in [1.165, 1.54) is 0 Å². The Morgan fingerprint density at radius 2 is 1.04 bits per heavy atom. The van der Waals surface area contributed by atoms with Crippen LogP contribution in [0.4, 0.5) is 29.2 Å². The number of nitro groups is 2. The molecular weight excluding hydrogens is 394 g/mol. The zero-order valence-corrected chi connectivity index (χ0v) is 12.9. The Morgan fingerprint density at radius 3 is 1.54 bits per heavy atom. The largest absolute Gasteiger partial charge is 0.463 e. The Labute approximate surface area is 148 Å². The Hall–Kier alpha value is -4.17. The number of nitrogens with zero attached hydrogens (tertiary/aromatic N) is 7. The van der Waals surface area contributed by atoms with Crippen LogP contribution in [-0.2, 0) is 0 Å². The van der Waals surface area contributed by atoms with Gasteiger partial charge in [-0.3, -0.25) is 0 Å². The highest BCUT2D eigenvalue weighted by Gasteiger charge is 2.34. The average molecular weight is 395 g/mol. The molecule has 1 aromatic carbocycles. The normalized spacial score (nSPS) is 11.4. The second kappa shape index (κ2) is 5.66. The van der Waals surface area contributed by atoms with Crippen molar-refractivity contribution in [3.05, 3.63) is 50.0 Å². The molecule has 0 atom stereocenters. The fourth-order valence-corrected chi connectivity index (χ4v) is 2.57. The molecule has 140 valence electrons. The lowest BCUT2D eigenvalue weighted by molar-refractivity contribution is -0.428. The molecule has 11 nitrogen and oxygen atoms in total. The lowest BCUT2D eigenvalue weighted by Gasteiger charge is -2.05. The van der Waals surface area contributed by atoms with Gasteiger partial charge in [0.2, 0.25) is 5.95 Å². The minimum absolute atomic E-state index is 0.412. The summed E-state index contributed by atoms with van der Waals surface area (Å²) in [4.78, 5) is 36.4. The van der Waals surface area contributed by atoms with E-state index >= 15 is 0 Å². The summed E-state index contributed by atoms with van der Waals surface area (Å²) < 4.78 is 54.4. The number of aromatic nitrogens is 5. The van der Waals surface area contributed by atoms with Gasteiger partial charge in [0, 0.05) is 5.39 Å². The van der Waals surface area contributed by atoms with E-state index in [9.17, 15) is 37.8 Å². The van der Waals surface area contributed by atoms with Crippen molar-refractivity contribution in [2.45, 2.75) is 0 Å². The van der Waals surface area contributed by atoms with Gasteiger partial charge in [-0.05, 0) is 25.9 Å². The highest BCUT2D eigenvalue weighted by Crippen LogP contribution is 2.34. The molecule has 0 saturated heterocycles. The first kappa shape index (κ1) is 17.3. The van der Waals surface area contributed by atoms with Gasteiger partial charge in [-0.2, -0.15) is 13.2 Å². The first-order chi connectivity index (χ1) is 13.2. The van der Waals surface area contributed by atoms with E-state index in [0.29, 0.717) is 6.07 Å². The third-order valence-electron chi connectivity index (χ3n) is 3.66. The Balaban J connectivity index is 2.37. The Bertz CT molecular complexity index is 1280. The molecule has 0 unspecified atom stereocenters. The predicted octanol–water partition coefficient (Wildman–Crippen LogP) is 2.49. The van der Waals surface area contributed by atoms with Crippen molar-refractivity contribution in [2.24, 2.45) is 0 Å². The van der Waals surface area contributed by atoms with E-state index < -0.39 is 78.1 Å². The molecule has 3 heterocycles. The van der Waals surface area contributed by atoms with Crippen molar-refractivity contribution in [1.82, 2.24) is 24.9 Å². The molecule has 3 aromatic heterocycles. The van der Waals surface area contributed by atoms with Crippen molar-refractivity contribution in [3.63, 3.8) is 0 Å². The van der Waals surface area contributed by atoms with Crippen molar-refractivity contribution in [1.29, 1.82) is 0 Å². The highest BCUT2D eigenvalue weighted by atomic mass is 19.2. The van der Waals surface area contributed by atoms with Gasteiger partial charge in [-0.15, -0.1) is 0 Å². The van der Waals surface area contributed by atoms with Crippen molar-refractivity contribution >= 4 is 44.6 Å². The molecule has 0 radical (unpaired) electrons. The summed E-state index contributed by atoms with van der Waals surface area (Å²) in [6.45, 7) is 0. The van der Waals surface area contributed by atoms with Gasteiger partial charge in [0.25, 0.3) is 22.9 Å². The lowest BCUT2D eigenvalue weighted by Crippen LogP contribution is -2.06. The van der Waals surface area contributed by atoms with Gasteiger partial charge in [0.15, 0.2) is 5.82 Å². The van der Waals surface area contributed by atoms with Crippen LogP contribution in [0.3, 0.4) is 0 Å². The van der Waals surface area contributed by atoms with Crippen LogP contribution in [0.25, 0.3) is 33.0 Å². The number of hydrogen-bond acceptors (Lipinski definition) is 9. The summed E-state index contributed by atoms with van der Waals surface area (Å²) in [5.74, 6) is -9.17. The maximum Gasteiger partial charge on any atom is 0.463 e. The molecule has 0 saturated carbocycles. The fourth-order valence-electron chi connectivity index (χ4n) is 2.57. The van der Waals surface area contributed by atoms with Gasteiger partial charge < -0.3 is 20.2 Å². The predicted molar refractivity (Wildman–Crippen MR) is 81.1 cm³/mol. The molecule has 15 heteroatoms. The van der Waals surface area contributed by atoms with E-state index in [0.717, 1.165) is 0 Å². The summed E-state index contributed by atoms with van der Waals surface area (Å²) >= 11 is 0. The maximum absolute atomic E-state index is 13.6. The second-order valence-electron chi connectivity index (χ2n) is 5.24. The third kappa shape index (κ3) is 2.32. The van der Waals surface area contributed by atoms with Gasteiger partial charge in [0.05, 0.1) is 0 Å². The number of hydrogen-bond donors (Lipinski definition) is 0. The Morgan fingerprint density at radius 1 is 0.643 bits per heavy atom. The molecule has 0 aliphatic carbocycles. The minimum Gasteiger partial charge on any atom is -0.358 e. The van der Waals surface area contributed by atoms with E-state index in [4.69, 9.17) is 0 Å². The van der Waals surface area contributed by atoms with Gasteiger partial charge in [0.1, 0.15) is 16.6 Å². The number of fused-ring (bicyclic) bond motifs is 6. The van der Waals surface area contributed by atoms with Crippen LogP contribution in [0.2, 0.25) is 0 Å². The van der Waals surface area contributed by atoms with Crippen LogP contribution in [0.1, 0.15) is 0 Å². The number of halogens is 4. The topological polar surface area (TPSA) is 151 Å². The summed E-state index contributed by atoms with van der Waals surface area (Å²) in [6, 6.07) is 0.528. The maximum atomic E-state index is 13.6. The third-order valence-corrected chi connectivity index (χ3v) is 3.66. The first-order valence-corrected chi connectivity index (χ1v) is 7.00. The smallest absolute Gasteiger partial charge is 0.358 e. The second-order valence-corrected chi connectivity index (χ2v) is 5.24. The van der Waals surface area contributed by atoms with Crippen LogP contribution in [0, 0.1) is 43.9 Å². The molecular formula is C13HF4N7O4. The molecule has 0 aliphatic rings. The first-order valence-electron chi connectivity index (χ1n) is 7.00. The van der Waals surface area contributed by atoms with Crippen molar-refractivity contribution < 1.29 is 27.4 Å². The van der Waals surface area contributed by atoms with Crippen LogP contribution >= 0.6 is 0 Å². The monoisotopic (exact) mass is 395 g/mol. The molecule has 4 aromatic rings. The van der Waals surface area contributed by atoms with Gasteiger partial charge >= 0.3 is 11.6 Å². The molecule has 28 heavy (non-hydrogen) atoms. The molecule has 0 amide bonds. The van der Waals surface area contributed by atoms with Crippen LogP contribution < -0.4 is 0 Å². The molecule has 0 fully saturated rings. The van der Waals surface area contributed by atoms with Gasteiger partial charge in [-0.25, -0.2) is 19.3 Å². The number of benzene rings is 1. The minimum atomic E-state index is -1.72. The van der Waals surface area contributed by atoms with Crippen LogP contribution in [0.5, 0.6) is 0 Å². The summed E-state index contributed by atoms with van der Waals surface area (Å²) in [5, 5.41) is 21.8.